The minimum atomic E-state index is -3.87. The second-order valence-corrected chi connectivity index (χ2v) is 4.50. The highest BCUT2D eigenvalue weighted by Gasteiger charge is 2.34. The number of carboxylic acids is 1. The highest BCUT2D eigenvalue weighted by atomic mass is 32.2. The molecule has 0 aromatic heterocycles. The predicted octanol–water partition coefficient (Wildman–Crippen LogP) is -0.871. The van der Waals surface area contributed by atoms with Crippen LogP contribution >= 0.6 is 0 Å². The Hall–Kier alpha value is -0.660. The third-order valence-electron chi connectivity index (χ3n) is 2.07. The first kappa shape index (κ1) is 10.4. The van der Waals surface area contributed by atoms with Crippen LogP contribution in [0, 0.1) is 0 Å². The molecule has 0 aromatic rings. The summed E-state index contributed by atoms with van der Waals surface area (Å²) in [6, 6.07) is -0.983. The van der Waals surface area contributed by atoms with Gasteiger partial charge in [-0.3, -0.25) is 4.79 Å². The van der Waals surface area contributed by atoms with E-state index in [4.69, 9.17) is 10.2 Å². The van der Waals surface area contributed by atoms with E-state index in [-0.39, 0.29) is 6.54 Å². The maximum absolute atomic E-state index is 10.9. The van der Waals surface area contributed by atoms with Crippen LogP contribution in [0.2, 0.25) is 0 Å². The first-order valence-corrected chi connectivity index (χ1v) is 5.45. The first-order chi connectivity index (χ1) is 5.93. The average molecular weight is 208 g/mol. The Bertz CT molecular complexity index is 300. The Balaban J connectivity index is 2.86. The molecule has 0 aliphatic carbocycles. The molecular weight excluding hydrogens is 196 g/mol. The number of piperidine rings is 1. The fourth-order valence-corrected chi connectivity index (χ4v) is 2.39. The lowest BCUT2D eigenvalue weighted by Crippen LogP contribution is -2.50. The van der Waals surface area contributed by atoms with Crippen molar-refractivity contribution in [1.29, 1.82) is 0 Å². The zero-order valence-electron chi connectivity index (χ0n) is 7.01. The molecule has 1 atom stereocenters. The minimum absolute atomic E-state index is 0.204. The highest BCUT2D eigenvalue weighted by molar-refractivity contribution is 7.86. The molecule has 0 radical (unpaired) electrons. The van der Waals surface area contributed by atoms with Crippen molar-refractivity contribution in [3.63, 3.8) is 0 Å². The van der Waals surface area contributed by atoms with Crippen LogP contribution < -0.4 is 5.14 Å². The van der Waals surface area contributed by atoms with Gasteiger partial charge in [0, 0.05) is 6.54 Å². The molecule has 0 bridgehead atoms. The summed E-state index contributed by atoms with van der Waals surface area (Å²) in [7, 11) is -3.87. The van der Waals surface area contributed by atoms with Crippen molar-refractivity contribution in [3.05, 3.63) is 0 Å². The zero-order valence-corrected chi connectivity index (χ0v) is 7.83. The number of hydrogen-bond donors (Lipinski definition) is 2. The van der Waals surface area contributed by atoms with Gasteiger partial charge >= 0.3 is 5.97 Å². The topological polar surface area (TPSA) is 101 Å². The lowest BCUT2D eigenvalue weighted by Gasteiger charge is -2.29. The Morgan fingerprint density at radius 1 is 1.46 bits per heavy atom. The molecule has 1 aliphatic rings. The molecule has 6 nitrogen and oxygen atoms in total. The molecule has 3 N–H and O–H groups in total. The molecule has 1 unspecified atom stereocenters. The van der Waals surface area contributed by atoms with E-state index in [2.05, 4.69) is 0 Å². The van der Waals surface area contributed by atoms with Gasteiger partial charge < -0.3 is 5.11 Å². The van der Waals surface area contributed by atoms with E-state index >= 15 is 0 Å². The van der Waals surface area contributed by atoms with Gasteiger partial charge in [0.1, 0.15) is 6.04 Å². The fraction of sp³-hybridized carbons (Fsp3) is 0.833. The van der Waals surface area contributed by atoms with E-state index in [1.165, 1.54) is 0 Å². The largest absolute Gasteiger partial charge is 0.480 e. The van der Waals surface area contributed by atoms with Crippen molar-refractivity contribution in [1.82, 2.24) is 4.31 Å². The van der Waals surface area contributed by atoms with Crippen LogP contribution in [0.4, 0.5) is 0 Å². The van der Waals surface area contributed by atoms with Crippen molar-refractivity contribution in [3.8, 4) is 0 Å². The summed E-state index contributed by atoms with van der Waals surface area (Å²) in [5.74, 6) is -1.13. The Labute approximate surface area is 76.5 Å². The van der Waals surface area contributed by atoms with Gasteiger partial charge in [-0.05, 0) is 19.3 Å². The maximum atomic E-state index is 10.9. The molecular formula is C6H12N2O4S. The smallest absolute Gasteiger partial charge is 0.322 e. The van der Waals surface area contributed by atoms with Crippen molar-refractivity contribution < 1.29 is 18.3 Å². The maximum Gasteiger partial charge on any atom is 0.322 e. The Morgan fingerprint density at radius 3 is 2.46 bits per heavy atom. The van der Waals surface area contributed by atoms with E-state index in [0.717, 1.165) is 10.7 Å². The molecule has 1 fully saturated rings. The fourth-order valence-electron chi connectivity index (χ4n) is 1.46. The summed E-state index contributed by atoms with van der Waals surface area (Å²) >= 11 is 0. The van der Waals surface area contributed by atoms with E-state index in [1.54, 1.807) is 0 Å². The molecule has 7 heteroatoms. The van der Waals surface area contributed by atoms with Crippen molar-refractivity contribution in [2.45, 2.75) is 25.3 Å². The molecule has 1 heterocycles. The molecule has 0 aromatic carbocycles. The molecule has 76 valence electrons. The van der Waals surface area contributed by atoms with E-state index in [0.29, 0.717) is 12.8 Å². The lowest BCUT2D eigenvalue weighted by molar-refractivity contribution is -0.142. The summed E-state index contributed by atoms with van der Waals surface area (Å²) < 4.78 is 22.7. The normalized spacial score (nSPS) is 25.8. The molecule has 1 rings (SSSR count). The highest BCUT2D eigenvalue weighted by Crippen LogP contribution is 2.18. The molecule has 0 saturated carbocycles. The van der Waals surface area contributed by atoms with E-state index in [9.17, 15) is 13.2 Å². The van der Waals surface area contributed by atoms with Gasteiger partial charge in [0.15, 0.2) is 0 Å². The summed E-state index contributed by atoms with van der Waals surface area (Å²) in [4.78, 5) is 10.6. The van der Waals surface area contributed by atoms with Crippen LogP contribution in [-0.4, -0.2) is 36.4 Å². The first-order valence-electron chi connectivity index (χ1n) is 3.95. The summed E-state index contributed by atoms with van der Waals surface area (Å²) in [6.45, 7) is 0.204. The van der Waals surface area contributed by atoms with Crippen molar-refractivity contribution in [2.24, 2.45) is 5.14 Å². The molecule has 13 heavy (non-hydrogen) atoms. The van der Waals surface area contributed by atoms with Gasteiger partial charge in [-0.25, -0.2) is 5.14 Å². The zero-order chi connectivity index (χ0) is 10.1. The number of hydrogen-bond acceptors (Lipinski definition) is 3. The Morgan fingerprint density at radius 2 is 2.08 bits per heavy atom. The van der Waals surface area contributed by atoms with Crippen LogP contribution in [0.25, 0.3) is 0 Å². The quantitative estimate of drug-likeness (QED) is 0.615. The lowest BCUT2D eigenvalue weighted by atomic mass is 10.1. The SMILES string of the molecule is NS(=O)(=O)N1CCCCC1C(=O)O. The molecule has 1 saturated heterocycles. The second kappa shape index (κ2) is 3.60. The summed E-state index contributed by atoms with van der Waals surface area (Å²) in [5.41, 5.74) is 0. The van der Waals surface area contributed by atoms with E-state index in [1.807, 2.05) is 0 Å². The van der Waals surface area contributed by atoms with Gasteiger partial charge in [0.25, 0.3) is 10.2 Å². The van der Waals surface area contributed by atoms with Gasteiger partial charge in [-0.15, -0.1) is 0 Å². The van der Waals surface area contributed by atoms with Gasteiger partial charge in [0.2, 0.25) is 0 Å². The monoisotopic (exact) mass is 208 g/mol. The van der Waals surface area contributed by atoms with Gasteiger partial charge in [-0.2, -0.15) is 12.7 Å². The average Bonchev–Trinajstić information content (AvgIpc) is 2.03. The number of nitrogens with two attached hydrogens (primary N) is 1. The third-order valence-corrected chi connectivity index (χ3v) is 3.16. The van der Waals surface area contributed by atoms with Crippen molar-refractivity contribution in [2.75, 3.05) is 6.54 Å². The number of nitrogens with zero attached hydrogens (tertiary/aromatic N) is 1. The number of rotatable bonds is 2. The summed E-state index contributed by atoms with van der Waals surface area (Å²) in [5, 5.41) is 13.6. The van der Waals surface area contributed by atoms with Crippen LogP contribution in [0.3, 0.4) is 0 Å². The van der Waals surface area contributed by atoms with Crippen LogP contribution in [-0.2, 0) is 15.0 Å². The molecule has 0 amide bonds. The van der Waals surface area contributed by atoms with Crippen LogP contribution in [0.5, 0.6) is 0 Å². The summed E-state index contributed by atoms with van der Waals surface area (Å²) in [6.07, 6.45) is 1.73. The number of carboxylic acid groups (broad SMARTS) is 1. The molecule has 1 aliphatic heterocycles. The third kappa shape index (κ3) is 2.39. The Kier molecular flexibility index (Phi) is 2.89. The second-order valence-electron chi connectivity index (χ2n) is 3.01. The van der Waals surface area contributed by atoms with E-state index < -0.39 is 22.2 Å². The van der Waals surface area contributed by atoms with Gasteiger partial charge in [-0.1, -0.05) is 0 Å². The predicted molar refractivity (Wildman–Crippen MR) is 45.1 cm³/mol. The number of aliphatic carboxylic acids is 1. The minimum Gasteiger partial charge on any atom is -0.480 e. The van der Waals surface area contributed by atoms with Crippen molar-refractivity contribution >= 4 is 16.2 Å². The van der Waals surface area contributed by atoms with Gasteiger partial charge in [0.05, 0.1) is 0 Å². The van der Waals surface area contributed by atoms with Crippen LogP contribution in [0.1, 0.15) is 19.3 Å². The standard InChI is InChI=1S/C6H12N2O4S/c7-13(11,12)8-4-2-1-3-5(8)6(9)10/h5H,1-4H2,(H,9,10)(H2,7,11,12). The molecule has 0 spiro atoms. The number of carbonyl (C=O) groups is 1. The van der Waals surface area contributed by atoms with Crippen LogP contribution in [0.15, 0.2) is 0 Å².